The lowest BCUT2D eigenvalue weighted by molar-refractivity contribution is 0.475. The number of hydrogen-bond donors (Lipinski definition) is 1. The molecule has 1 aromatic rings. The topological polar surface area (TPSA) is 61.8 Å². The van der Waals surface area contributed by atoms with E-state index in [2.05, 4.69) is 10.3 Å². The van der Waals surface area contributed by atoms with Crippen molar-refractivity contribution in [2.24, 2.45) is 4.99 Å². The fourth-order valence-electron chi connectivity index (χ4n) is 1.89. The standard InChI is InChI=1S/C15H24FN3O2S.HI/c1-4-17-15(18-9-10-22(20,21)5-2)19(3)12-13-7-6-8-14(16)11-13;/h6-8,11H,4-5,9-10,12H2,1-3H3,(H,17,18);1H. The van der Waals surface area contributed by atoms with E-state index in [1.54, 1.807) is 13.0 Å². The molecule has 0 aliphatic carbocycles. The summed E-state index contributed by atoms with van der Waals surface area (Å²) >= 11 is 0. The van der Waals surface area contributed by atoms with Gasteiger partial charge in [-0.15, -0.1) is 24.0 Å². The van der Waals surface area contributed by atoms with E-state index in [9.17, 15) is 12.8 Å². The summed E-state index contributed by atoms with van der Waals surface area (Å²) in [5.41, 5.74) is 0.828. The van der Waals surface area contributed by atoms with Crippen molar-refractivity contribution in [1.82, 2.24) is 10.2 Å². The Kier molecular flexibility index (Phi) is 10.4. The van der Waals surface area contributed by atoms with E-state index in [0.717, 1.165) is 5.56 Å². The number of benzene rings is 1. The lowest BCUT2D eigenvalue weighted by Crippen LogP contribution is -2.38. The molecule has 0 aliphatic heterocycles. The van der Waals surface area contributed by atoms with Crippen molar-refractivity contribution in [1.29, 1.82) is 0 Å². The van der Waals surface area contributed by atoms with Crippen molar-refractivity contribution in [3.05, 3.63) is 35.6 Å². The van der Waals surface area contributed by atoms with Crippen LogP contribution in [0.4, 0.5) is 4.39 Å². The number of nitrogens with one attached hydrogen (secondary N) is 1. The largest absolute Gasteiger partial charge is 0.357 e. The summed E-state index contributed by atoms with van der Waals surface area (Å²) in [6.07, 6.45) is 0. The van der Waals surface area contributed by atoms with Gasteiger partial charge in [0.2, 0.25) is 0 Å². The summed E-state index contributed by atoms with van der Waals surface area (Å²) in [4.78, 5) is 6.17. The zero-order chi connectivity index (χ0) is 16.6. The third-order valence-electron chi connectivity index (χ3n) is 3.11. The number of rotatable bonds is 7. The molecule has 0 spiro atoms. The summed E-state index contributed by atoms with van der Waals surface area (Å²) in [5.74, 6) is 0.490. The molecular formula is C15H25FIN3O2S. The van der Waals surface area contributed by atoms with Crippen molar-refractivity contribution in [2.45, 2.75) is 20.4 Å². The zero-order valence-electron chi connectivity index (χ0n) is 13.8. The molecule has 0 unspecified atom stereocenters. The van der Waals surface area contributed by atoms with Crippen molar-refractivity contribution >= 4 is 39.8 Å². The Bertz CT molecular complexity index is 608. The Labute approximate surface area is 155 Å². The van der Waals surface area contributed by atoms with E-state index >= 15 is 0 Å². The maximum atomic E-state index is 13.2. The molecule has 0 amide bonds. The van der Waals surface area contributed by atoms with Gasteiger partial charge in [-0.1, -0.05) is 19.1 Å². The third-order valence-corrected chi connectivity index (χ3v) is 4.79. The smallest absolute Gasteiger partial charge is 0.193 e. The number of sulfone groups is 1. The van der Waals surface area contributed by atoms with Gasteiger partial charge in [0, 0.05) is 25.9 Å². The molecule has 23 heavy (non-hydrogen) atoms. The van der Waals surface area contributed by atoms with Gasteiger partial charge < -0.3 is 10.2 Å². The van der Waals surface area contributed by atoms with Crippen LogP contribution in [0.25, 0.3) is 0 Å². The number of guanidine groups is 1. The number of aliphatic imine (C=N–C) groups is 1. The summed E-state index contributed by atoms with van der Waals surface area (Å²) in [6, 6.07) is 6.38. The van der Waals surface area contributed by atoms with Crippen LogP contribution in [-0.4, -0.2) is 50.9 Å². The van der Waals surface area contributed by atoms with Gasteiger partial charge in [-0.25, -0.2) is 12.8 Å². The van der Waals surface area contributed by atoms with E-state index in [1.807, 2.05) is 24.9 Å². The van der Waals surface area contributed by atoms with E-state index in [-0.39, 0.29) is 47.8 Å². The molecule has 0 aromatic heterocycles. The zero-order valence-corrected chi connectivity index (χ0v) is 16.9. The predicted molar refractivity (Wildman–Crippen MR) is 104 cm³/mol. The molecule has 0 heterocycles. The van der Waals surface area contributed by atoms with Crippen molar-refractivity contribution < 1.29 is 12.8 Å². The van der Waals surface area contributed by atoms with Crippen LogP contribution < -0.4 is 5.32 Å². The third kappa shape index (κ3) is 8.50. The summed E-state index contributed by atoms with van der Waals surface area (Å²) in [7, 11) is -1.19. The summed E-state index contributed by atoms with van der Waals surface area (Å²) in [6.45, 7) is 4.94. The van der Waals surface area contributed by atoms with E-state index < -0.39 is 9.84 Å². The highest BCUT2D eigenvalue weighted by Crippen LogP contribution is 2.06. The van der Waals surface area contributed by atoms with Crippen molar-refractivity contribution in [2.75, 3.05) is 31.6 Å². The average Bonchev–Trinajstić information content (AvgIpc) is 2.46. The normalized spacial score (nSPS) is 11.7. The lowest BCUT2D eigenvalue weighted by atomic mass is 10.2. The van der Waals surface area contributed by atoms with Crippen LogP contribution in [0.1, 0.15) is 19.4 Å². The molecule has 0 fully saturated rings. The summed E-state index contributed by atoms with van der Waals surface area (Å²) in [5, 5.41) is 3.11. The van der Waals surface area contributed by atoms with Gasteiger partial charge in [0.25, 0.3) is 0 Å². The minimum Gasteiger partial charge on any atom is -0.357 e. The molecule has 1 aromatic carbocycles. The van der Waals surface area contributed by atoms with Gasteiger partial charge in [0.15, 0.2) is 15.8 Å². The van der Waals surface area contributed by atoms with Gasteiger partial charge in [-0.05, 0) is 24.6 Å². The number of nitrogens with zero attached hydrogens (tertiary/aromatic N) is 2. The highest BCUT2D eigenvalue weighted by molar-refractivity contribution is 14.0. The second kappa shape index (κ2) is 10.8. The molecule has 132 valence electrons. The van der Waals surface area contributed by atoms with E-state index in [0.29, 0.717) is 19.0 Å². The molecule has 1 N–H and O–H groups in total. The fourth-order valence-corrected chi connectivity index (χ4v) is 2.55. The molecule has 0 bridgehead atoms. The number of halogens is 2. The highest BCUT2D eigenvalue weighted by Gasteiger charge is 2.09. The summed E-state index contributed by atoms with van der Waals surface area (Å²) < 4.78 is 36.2. The molecule has 5 nitrogen and oxygen atoms in total. The Morgan fingerprint density at radius 2 is 2.04 bits per heavy atom. The molecule has 1 rings (SSSR count). The second-order valence-electron chi connectivity index (χ2n) is 4.96. The van der Waals surface area contributed by atoms with Crippen LogP contribution in [0.5, 0.6) is 0 Å². The van der Waals surface area contributed by atoms with Crippen LogP contribution >= 0.6 is 24.0 Å². The van der Waals surface area contributed by atoms with Gasteiger partial charge in [-0.2, -0.15) is 0 Å². The second-order valence-corrected chi connectivity index (χ2v) is 7.43. The van der Waals surface area contributed by atoms with Crippen LogP contribution in [-0.2, 0) is 16.4 Å². The molecule has 0 saturated carbocycles. The van der Waals surface area contributed by atoms with Gasteiger partial charge in [-0.3, -0.25) is 4.99 Å². The van der Waals surface area contributed by atoms with Gasteiger partial charge >= 0.3 is 0 Å². The van der Waals surface area contributed by atoms with Crippen LogP contribution in [0.15, 0.2) is 29.3 Å². The maximum Gasteiger partial charge on any atom is 0.193 e. The SMILES string of the molecule is CCNC(=NCCS(=O)(=O)CC)N(C)Cc1cccc(F)c1.I. The van der Waals surface area contributed by atoms with Crippen LogP contribution in [0.2, 0.25) is 0 Å². The molecule has 0 radical (unpaired) electrons. The van der Waals surface area contributed by atoms with Gasteiger partial charge in [0.1, 0.15) is 5.82 Å². The average molecular weight is 457 g/mol. The quantitative estimate of drug-likeness (QED) is 0.388. The van der Waals surface area contributed by atoms with E-state index in [1.165, 1.54) is 12.1 Å². The van der Waals surface area contributed by atoms with E-state index in [4.69, 9.17) is 0 Å². The first kappa shape index (κ1) is 22.1. The minimum atomic E-state index is -3.02. The van der Waals surface area contributed by atoms with Crippen LogP contribution in [0, 0.1) is 5.82 Å². The first-order valence-corrected chi connectivity index (χ1v) is 9.14. The monoisotopic (exact) mass is 457 g/mol. The first-order valence-electron chi connectivity index (χ1n) is 7.32. The Balaban J connectivity index is 0.00000484. The van der Waals surface area contributed by atoms with Crippen LogP contribution in [0.3, 0.4) is 0 Å². The fraction of sp³-hybridized carbons (Fsp3) is 0.533. The molecule has 8 heteroatoms. The Hall–Kier alpha value is -0.900. The minimum absolute atomic E-state index is 0. The van der Waals surface area contributed by atoms with Crippen molar-refractivity contribution in [3.8, 4) is 0 Å². The number of hydrogen-bond acceptors (Lipinski definition) is 3. The Morgan fingerprint density at radius 3 is 2.61 bits per heavy atom. The molecule has 0 aliphatic rings. The lowest BCUT2D eigenvalue weighted by Gasteiger charge is -2.22. The highest BCUT2D eigenvalue weighted by atomic mass is 127. The van der Waals surface area contributed by atoms with Crippen molar-refractivity contribution in [3.63, 3.8) is 0 Å². The van der Waals surface area contributed by atoms with Gasteiger partial charge in [0.05, 0.1) is 12.3 Å². The molecule has 0 atom stereocenters. The Morgan fingerprint density at radius 1 is 1.35 bits per heavy atom. The predicted octanol–water partition coefficient (Wildman–Crippen LogP) is 2.28. The maximum absolute atomic E-state index is 13.2. The molecule has 0 saturated heterocycles. The molecular weight excluding hydrogens is 432 g/mol. The first-order chi connectivity index (χ1) is 10.4.